The first-order chi connectivity index (χ1) is 11.9. The predicted octanol–water partition coefficient (Wildman–Crippen LogP) is 1.90. The lowest BCUT2D eigenvalue weighted by molar-refractivity contribution is -0.129. The van der Waals surface area contributed by atoms with E-state index in [1.807, 2.05) is 24.3 Å². The molecular formula is C17H20ClN5O2. The summed E-state index contributed by atoms with van der Waals surface area (Å²) < 4.78 is 1.37. The van der Waals surface area contributed by atoms with Gasteiger partial charge in [0.1, 0.15) is 6.54 Å². The minimum atomic E-state index is -0.296. The molecule has 0 unspecified atom stereocenters. The molecule has 0 bridgehead atoms. The second-order valence-electron chi connectivity index (χ2n) is 6.43. The quantitative estimate of drug-likeness (QED) is 0.852. The van der Waals surface area contributed by atoms with Crippen molar-refractivity contribution in [2.75, 3.05) is 14.1 Å². The molecule has 2 aromatic rings. The Morgan fingerprint density at radius 1 is 1.32 bits per heavy atom. The van der Waals surface area contributed by atoms with Crippen LogP contribution in [0.1, 0.15) is 34.9 Å². The fraction of sp³-hybridized carbons (Fsp3) is 0.412. The molecule has 0 spiro atoms. The molecule has 8 heteroatoms. The summed E-state index contributed by atoms with van der Waals surface area (Å²) in [7, 11) is 3.33. The van der Waals surface area contributed by atoms with Gasteiger partial charge in [0.25, 0.3) is 5.91 Å². The Kier molecular flexibility index (Phi) is 5.03. The van der Waals surface area contributed by atoms with Gasteiger partial charge in [-0.3, -0.25) is 9.59 Å². The Bertz CT molecular complexity index is 768. The van der Waals surface area contributed by atoms with E-state index in [-0.39, 0.29) is 30.1 Å². The Hall–Kier alpha value is -2.41. The fourth-order valence-corrected chi connectivity index (χ4v) is 2.67. The number of amides is 2. The van der Waals surface area contributed by atoms with Crippen molar-refractivity contribution < 1.29 is 9.59 Å². The molecule has 1 N–H and O–H groups in total. The van der Waals surface area contributed by atoms with Crippen LogP contribution < -0.4 is 5.32 Å². The summed E-state index contributed by atoms with van der Waals surface area (Å²) in [4.78, 5) is 25.7. The molecule has 25 heavy (non-hydrogen) atoms. The summed E-state index contributed by atoms with van der Waals surface area (Å²) in [6.07, 6.45) is 3.65. The molecule has 0 radical (unpaired) electrons. The topological polar surface area (TPSA) is 80.1 Å². The van der Waals surface area contributed by atoms with Crippen molar-refractivity contribution in [3.8, 4) is 0 Å². The first-order valence-electron chi connectivity index (χ1n) is 8.10. The zero-order chi connectivity index (χ0) is 18.0. The van der Waals surface area contributed by atoms with Crippen LogP contribution in [0.5, 0.6) is 0 Å². The summed E-state index contributed by atoms with van der Waals surface area (Å²) in [5.41, 5.74) is 1.22. The molecule has 2 amide bonds. The molecule has 1 aromatic carbocycles. The van der Waals surface area contributed by atoms with Crippen LogP contribution in [0.3, 0.4) is 0 Å². The summed E-state index contributed by atoms with van der Waals surface area (Å²) in [6, 6.07) is 7.43. The van der Waals surface area contributed by atoms with E-state index in [0.717, 1.165) is 18.4 Å². The Balaban J connectivity index is 1.69. The average molecular weight is 362 g/mol. The van der Waals surface area contributed by atoms with Crippen molar-refractivity contribution in [1.29, 1.82) is 0 Å². The third-order valence-corrected chi connectivity index (χ3v) is 4.43. The largest absolute Gasteiger partial charge is 0.347 e. The van der Waals surface area contributed by atoms with Gasteiger partial charge in [-0.25, -0.2) is 4.68 Å². The summed E-state index contributed by atoms with van der Waals surface area (Å²) >= 11 is 5.94. The zero-order valence-corrected chi connectivity index (χ0v) is 14.9. The number of nitrogens with one attached hydrogen (secondary N) is 1. The minimum Gasteiger partial charge on any atom is -0.347 e. The van der Waals surface area contributed by atoms with Crippen LogP contribution >= 0.6 is 11.6 Å². The molecule has 1 heterocycles. The van der Waals surface area contributed by atoms with Gasteiger partial charge in [-0.1, -0.05) is 28.9 Å². The van der Waals surface area contributed by atoms with Gasteiger partial charge in [0.2, 0.25) is 5.91 Å². The van der Waals surface area contributed by atoms with E-state index in [0.29, 0.717) is 10.9 Å². The van der Waals surface area contributed by atoms with Crippen LogP contribution in [0, 0.1) is 5.92 Å². The number of halogens is 1. The minimum absolute atomic E-state index is 0.0521. The van der Waals surface area contributed by atoms with Crippen LogP contribution in [0.2, 0.25) is 5.02 Å². The van der Waals surface area contributed by atoms with Crippen molar-refractivity contribution in [3.05, 3.63) is 46.7 Å². The second kappa shape index (κ2) is 7.23. The van der Waals surface area contributed by atoms with Crippen molar-refractivity contribution >= 4 is 23.4 Å². The molecule has 1 aliphatic carbocycles. The van der Waals surface area contributed by atoms with Gasteiger partial charge < -0.3 is 10.2 Å². The molecule has 1 aromatic heterocycles. The average Bonchev–Trinajstić information content (AvgIpc) is 3.32. The number of likely N-dealkylation sites (N-methyl/N-ethyl adjacent to an activating group) is 1. The number of hydrogen-bond acceptors (Lipinski definition) is 4. The maximum Gasteiger partial charge on any atom is 0.273 e. The van der Waals surface area contributed by atoms with E-state index in [1.165, 1.54) is 15.8 Å². The first-order valence-corrected chi connectivity index (χ1v) is 8.48. The monoisotopic (exact) mass is 361 g/mol. The van der Waals surface area contributed by atoms with E-state index in [2.05, 4.69) is 15.6 Å². The van der Waals surface area contributed by atoms with Gasteiger partial charge in [0.15, 0.2) is 5.69 Å². The number of aromatic nitrogens is 3. The molecule has 7 nitrogen and oxygen atoms in total. The lowest BCUT2D eigenvalue weighted by Crippen LogP contribution is -2.30. The van der Waals surface area contributed by atoms with Crippen molar-refractivity contribution in [1.82, 2.24) is 25.2 Å². The van der Waals surface area contributed by atoms with E-state index < -0.39 is 0 Å². The van der Waals surface area contributed by atoms with Crippen LogP contribution in [0.15, 0.2) is 30.5 Å². The molecule has 1 atom stereocenters. The van der Waals surface area contributed by atoms with Gasteiger partial charge in [-0.2, -0.15) is 0 Å². The predicted molar refractivity (Wildman–Crippen MR) is 93.1 cm³/mol. The van der Waals surface area contributed by atoms with Gasteiger partial charge in [-0.15, -0.1) is 5.10 Å². The zero-order valence-electron chi connectivity index (χ0n) is 14.1. The summed E-state index contributed by atoms with van der Waals surface area (Å²) in [5.74, 6) is 0.0137. The highest BCUT2D eigenvalue weighted by atomic mass is 35.5. The van der Waals surface area contributed by atoms with Crippen molar-refractivity contribution in [3.63, 3.8) is 0 Å². The normalized spacial score (nSPS) is 14.8. The molecule has 1 fully saturated rings. The Morgan fingerprint density at radius 2 is 2.00 bits per heavy atom. The van der Waals surface area contributed by atoms with Gasteiger partial charge in [0.05, 0.1) is 12.2 Å². The highest BCUT2D eigenvalue weighted by Crippen LogP contribution is 2.41. The number of benzene rings is 1. The first kappa shape index (κ1) is 17.4. The van der Waals surface area contributed by atoms with Crippen LogP contribution in [0.4, 0.5) is 0 Å². The fourth-order valence-electron chi connectivity index (χ4n) is 2.55. The number of carbonyl (C=O) groups excluding carboxylic acids is 2. The number of rotatable bonds is 6. The maximum atomic E-state index is 12.5. The number of hydrogen-bond donors (Lipinski definition) is 1. The van der Waals surface area contributed by atoms with E-state index in [9.17, 15) is 9.59 Å². The van der Waals surface area contributed by atoms with Crippen LogP contribution in [-0.2, 0) is 11.3 Å². The number of carbonyl (C=O) groups is 2. The third kappa shape index (κ3) is 4.36. The third-order valence-electron chi connectivity index (χ3n) is 4.18. The maximum absolute atomic E-state index is 12.5. The highest BCUT2D eigenvalue weighted by Gasteiger charge is 2.34. The molecular weight excluding hydrogens is 342 g/mol. The van der Waals surface area contributed by atoms with Crippen molar-refractivity contribution in [2.45, 2.75) is 25.4 Å². The SMILES string of the molecule is CN(C)C(=O)Cn1cc(C(=O)N[C@H](c2ccc(Cl)cc2)C2CC2)nn1. The van der Waals surface area contributed by atoms with E-state index in [4.69, 9.17) is 11.6 Å². The molecule has 3 rings (SSSR count). The smallest absolute Gasteiger partial charge is 0.273 e. The van der Waals surface area contributed by atoms with Gasteiger partial charge in [-0.05, 0) is 36.5 Å². The lowest BCUT2D eigenvalue weighted by atomic mass is 10.0. The van der Waals surface area contributed by atoms with Crippen molar-refractivity contribution in [2.24, 2.45) is 5.92 Å². The summed E-state index contributed by atoms with van der Waals surface area (Å²) in [5, 5.41) is 11.4. The van der Waals surface area contributed by atoms with E-state index >= 15 is 0 Å². The Labute approximate surface area is 150 Å². The van der Waals surface area contributed by atoms with Crippen LogP contribution in [0.25, 0.3) is 0 Å². The summed E-state index contributed by atoms with van der Waals surface area (Å²) in [6.45, 7) is 0.0521. The lowest BCUT2D eigenvalue weighted by Gasteiger charge is -2.18. The van der Waals surface area contributed by atoms with Crippen LogP contribution in [-0.4, -0.2) is 45.8 Å². The second-order valence-corrected chi connectivity index (χ2v) is 6.87. The highest BCUT2D eigenvalue weighted by molar-refractivity contribution is 6.30. The van der Waals surface area contributed by atoms with Gasteiger partial charge >= 0.3 is 0 Å². The molecule has 1 saturated carbocycles. The number of nitrogens with zero attached hydrogens (tertiary/aromatic N) is 4. The van der Waals surface area contributed by atoms with Gasteiger partial charge in [0, 0.05) is 19.1 Å². The standard InChI is InChI=1S/C17H20ClN5O2/c1-22(2)15(24)10-23-9-14(20-21-23)17(25)19-16(11-3-4-11)12-5-7-13(18)8-6-12/h5-9,11,16H,3-4,10H2,1-2H3,(H,19,25)/t16-/m0/s1. The molecule has 1 aliphatic rings. The molecule has 0 aliphatic heterocycles. The Morgan fingerprint density at radius 3 is 2.60 bits per heavy atom. The molecule has 0 saturated heterocycles. The van der Waals surface area contributed by atoms with E-state index in [1.54, 1.807) is 14.1 Å². The molecule has 132 valence electrons.